The molecule has 0 aliphatic rings. The number of rotatable bonds is 2. The van der Waals surface area contributed by atoms with Crippen molar-refractivity contribution in [3.63, 3.8) is 0 Å². The Balaban J connectivity index is 3.75. The molecule has 18 heavy (non-hydrogen) atoms. The van der Waals surface area contributed by atoms with Crippen LogP contribution < -0.4 is 0 Å². The summed E-state index contributed by atoms with van der Waals surface area (Å²) in [4.78, 5) is 22.9. The minimum absolute atomic E-state index is 0.244. The fourth-order valence-electron chi connectivity index (χ4n) is 1.09. The van der Waals surface area contributed by atoms with Crippen LogP contribution in [0.25, 0.3) is 0 Å². The largest absolute Gasteiger partial charge is 0.358 e. The number of hydrogen-bond donors (Lipinski definition) is 0. The first-order valence-corrected chi connectivity index (χ1v) is 6.01. The van der Waals surface area contributed by atoms with E-state index >= 15 is 0 Å². The van der Waals surface area contributed by atoms with E-state index in [1.54, 1.807) is 0 Å². The summed E-state index contributed by atoms with van der Waals surface area (Å²) < 4.78 is 7.88. The predicted octanol–water partition coefficient (Wildman–Crippen LogP) is 4.92. The summed E-state index contributed by atoms with van der Waals surface area (Å²) in [7, 11) is 0. The lowest BCUT2D eigenvalue weighted by atomic mass is 10.1. The molecular formula is C8Cl6O4. The van der Waals surface area contributed by atoms with Gasteiger partial charge >= 0.3 is 11.9 Å². The van der Waals surface area contributed by atoms with E-state index in [2.05, 4.69) is 8.58 Å². The Bertz CT molecular complexity index is 482. The summed E-state index contributed by atoms with van der Waals surface area (Å²) in [6.07, 6.45) is 0. The van der Waals surface area contributed by atoms with Crippen molar-refractivity contribution < 1.29 is 18.2 Å². The third-order valence-corrected chi connectivity index (χ3v) is 3.90. The molecular weight excluding hydrogens is 373 g/mol. The highest BCUT2D eigenvalue weighted by Crippen LogP contribution is 2.42. The van der Waals surface area contributed by atoms with Gasteiger partial charge < -0.3 is 8.58 Å². The number of benzene rings is 1. The average molecular weight is 373 g/mol. The average Bonchev–Trinajstić information content (AvgIpc) is 2.38. The van der Waals surface area contributed by atoms with E-state index in [9.17, 15) is 9.59 Å². The quantitative estimate of drug-likeness (QED) is 0.546. The normalized spacial score (nSPS) is 10.1. The van der Waals surface area contributed by atoms with Crippen molar-refractivity contribution >= 4 is 82.1 Å². The lowest BCUT2D eigenvalue weighted by molar-refractivity contribution is 0.0709. The van der Waals surface area contributed by atoms with E-state index in [0.717, 1.165) is 0 Å². The van der Waals surface area contributed by atoms with Crippen molar-refractivity contribution in [3.05, 3.63) is 31.2 Å². The van der Waals surface area contributed by atoms with E-state index in [0.29, 0.717) is 0 Å². The van der Waals surface area contributed by atoms with Gasteiger partial charge in [-0.3, -0.25) is 0 Å². The maximum absolute atomic E-state index is 11.4. The third-order valence-electron chi connectivity index (χ3n) is 1.82. The number of halogens is 6. The second-order valence-electron chi connectivity index (χ2n) is 2.74. The fraction of sp³-hybridized carbons (Fsp3) is 0. The molecule has 98 valence electrons. The summed E-state index contributed by atoms with van der Waals surface area (Å²) in [5.74, 6) is -2.33. The molecule has 0 amide bonds. The maximum Gasteiger partial charge on any atom is 0.358 e. The molecule has 0 fully saturated rings. The summed E-state index contributed by atoms with van der Waals surface area (Å²) in [6, 6.07) is 0. The smallest absolute Gasteiger partial charge is 0.343 e. The molecule has 4 nitrogen and oxygen atoms in total. The molecule has 0 atom stereocenters. The maximum atomic E-state index is 11.4. The topological polar surface area (TPSA) is 52.6 Å². The van der Waals surface area contributed by atoms with Gasteiger partial charge in [-0.2, -0.15) is 0 Å². The zero-order valence-corrected chi connectivity index (χ0v) is 12.4. The molecule has 1 aromatic carbocycles. The Labute approximate surface area is 131 Å². The van der Waals surface area contributed by atoms with E-state index in [1.807, 2.05) is 0 Å². The van der Waals surface area contributed by atoms with Crippen molar-refractivity contribution in [1.82, 2.24) is 0 Å². The summed E-state index contributed by atoms with van der Waals surface area (Å²) in [6.45, 7) is 0. The van der Waals surface area contributed by atoms with Crippen LogP contribution in [0.1, 0.15) is 20.7 Å². The van der Waals surface area contributed by atoms with Crippen molar-refractivity contribution in [1.29, 1.82) is 0 Å². The summed E-state index contributed by atoms with van der Waals surface area (Å²) in [5, 5.41) is -1.22. The fourth-order valence-corrected chi connectivity index (χ4v) is 2.25. The second kappa shape index (κ2) is 6.37. The van der Waals surface area contributed by atoms with E-state index in [4.69, 9.17) is 70.1 Å². The minimum atomic E-state index is -1.17. The molecule has 0 N–H and O–H groups in total. The van der Waals surface area contributed by atoms with Gasteiger partial charge in [0.15, 0.2) is 0 Å². The molecule has 0 aliphatic heterocycles. The number of hydrogen-bond acceptors (Lipinski definition) is 4. The second-order valence-corrected chi connectivity index (χ2v) is 4.56. The molecule has 0 aromatic heterocycles. The highest BCUT2D eigenvalue weighted by molar-refractivity contribution is 6.54. The van der Waals surface area contributed by atoms with Gasteiger partial charge in [-0.05, 0) is 0 Å². The molecule has 0 unspecified atom stereocenters. The van der Waals surface area contributed by atoms with Gasteiger partial charge in [0, 0.05) is 0 Å². The van der Waals surface area contributed by atoms with Crippen molar-refractivity contribution in [2.24, 2.45) is 0 Å². The number of carbonyl (C=O) groups is 2. The first kappa shape index (κ1) is 16.0. The first-order chi connectivity index (χ1) is 8.36. The van der Waals surface area contributed by atoms with Crippen LogP contribution in [0.2, 0.25) is 20.1 Å². The van der Waals surface area contributed by atoms with Crippen LogP contribution in [0.4, 0.5) is 0 Å². The van der Waals surface area contributed by atoms with Crippen molar-refractivity contribution in [3.8, 4) is 0 Å². The molecule has 1 aromatic rings. The van der Waals surface area contributed by atoms with Gasteiger partial charge in [-0.15, -0.1) is 0 Å². The lowest BCUT2D eigenvalue weighted by Crippen LogP contribution is -2.12. The van der Waals surface area contributed by atoms with Crippen LogP contribution in [0.5, 0.6) is 0 Å². The van der Waals surface area contributed by atoms with Crippen LogP contribution in [-0.4, -0.2) is 11.9 Å². The molecule has 0 spiro atoms. The molecule has 1 rings (SSSR count). The molecule has 0 heterocycles. The Morgan fingerprint density at radius 3 is 1.17 bits per heavy atom. The predicted molar refractivity (Wildman–Crippen MR) is 69.0 cm³/mol. The zero-order valence-electron chi connectivity index (χ0n) is 7.90. The van der Waals surface area contributed by atoms with Crippen LogP contribution >= 0.6 is 70.1 Å². The van der Waals surface area contributed by atoms with Crippen LogP contribution in [0.15, 0.2) is 0 Å². The summed E-state index contributed by atoms with van der Waals surface area (Å²) in [5.41, 5.74) is -1.01. The highest BCUT2D eigenvalue weighted by atomic mass is 35.5. The van der Waals surface area contributed by atoms with Crippen molar-refractivity contribution in [2.45, 2.75) is 0 Å². The van der Waals surface area contributed by atoms with Gasteiger partial charge in [-0.1, -0.05) is 46.4 Å². The highest BCUT2D eigenvalue weighted by Gasteiger charge is 2.30. The van der Waals surface area contributed by atoms with Gasteiger partial charge in [0.25, 0.3) is 0 Å². The molecule has 0 aliphatic carbocycles. The number of carbonyl (C=O) groups excluding carboxylic acids is 2. The Morgan fingerprint density at radius 1 is 0.667 bits per heavy atom. The SMILES string of the molecule is O=C(OCl)c1c(Cl)c(Cl)c(Cl)c(Cl)c1C(=O)OCl. The van der Waals surface area contributed by atoms with Gasteiger partial charge in [0.05, 0.1) is 31.2 Å². The summed E-state index contributed by atoms with van der Waals surface area (Å²) >= 11 is 32.8. The monoisotopic (exact) mass is 370 g/mol. The van der Waals surface area contributed by atoms with Crippen LogP contribution in [-0.2, 0) is 8.58 Å². The van der Waals surface area contributed by atoms with Gasteiger partial charge in [0.1, 0.15) is 23.7 Å². The first-order valence-electron chi connectivity index (χ1n) is 3.88. The molecule has 0 saturated heterocycles. The standard InChI is InChI=1S/C8Cl6O4/c9-3-1(7(15)17-13)2(8(16)18-14)4(10)6(12)5(3)11. The van der Waals surface area contributed by atoms with Gasteiger partial charge in [-0.25, -0.2) is 9.59 Å². The van der Waals surface area contributed by atoms with Crippen LogP contribution in [0.3, 0.4) is 0 Å². The Kier molecular flexibility index (Phi) is 5.65. The van der Waals surface area contributed by atoms with Crippen molar-refractivity contribution in [2.75, 3.05) is 0 Å². The molecule has 0 radical (unpaired) electrons. The third kappa shape index (κ3) is 2.74. The van der Waals surface area contributed by atoms with Crippen LogP contribution in [0, 0.1) is 0 Å². The molecule has 10 heteroatoms. The molecule has 0 saturated carbocycles. The Morgan fingerprint density at radius 2 is 0.944 bits per heavy atom. The minimum Gasteiger partial charge on any atom is -0.343 e. The Hall–Kier alpha value is -0.100. The lowest BCUT2D eigenvalue weighted by Gasteiger charge is -2.11. The van der Waals surface area contributed by atoms with E-state index in [-0.39, 0.29) is 20.1 Å². The molecule has 0 bridgehead atoms. The van der Waals surface area contributed by atoms with Gasteiger partial charge in [0.2, 0.25) is 0 Å². The zero-order chi connectivity index (χ0) is 14.0. The van der Waals surface area contributed by atoms with E-state index in [1.165, 1.54) is 0 Å². The van der Waals surface area contributed by atoms with E-state index < -0.39 is 23.1 Å².